The highest BCUT2D eigenvalue weighted by Gasteiger charge is 2.34. The van der Waals surface area contributed by atoms with Gasteiger partial charge in [0, 0.05) is 43.7 Å². The predicted octanol–water partition coefficient (Wildman–Crippen LogP) is 7.40. The van der Waals surface area contributed by atoms with Crippen molar-refractivity contribution in [3.8, 4) is 22.6 Å². The summed E-state index contributed by atoms with van der Waals surface area (Å²) < 4.78 is 24.6. The molecule has 7 rings (SSSR count). The van der Waals surface area contributed by atoms with Crippen molar-refractivity contribution in [2.45, 2.75) is 51.0 Å². The van der Waals surface area contributed by atoms with Gasteiger partial charge in [-0.1, -0.05) is 78.9 Å². The van der Waals surface area contributed by atoms with Crippen molar-refractivity contribution in [3.63, 3.8) is 0 Å². The number of benzene rings is 5. The largest absolute Gasteiger partial charge is 0.493 e. The van der Waals surface area contributed by atoms with E-state index in [0.29, 0.717) is 18.5 Å². The molecule has 0 saturated carbocycles. The first-order chi connectivity index (χ1) is 25.0. The van der Waals surface area contributed by atoms with Crippen LogP contribution in [0.1, 0.15) is 62.6 Å². The van der Waals surface area contributed by atoms with Crippen LogP contribution >= 0.6 is 0 Å². The van der Waals surface area contributed by atoms with Crippen LogP contribution in [0.2, 0.25) is 0 Å². The van der Waals surface area contributed by atoms with Crippen molar-refractivity contribution in [1.29, 1.82) is 0 Å². The monoisotopic (exact) mass is 684 g/mol. The van der Waals surface area contributed by atoms with Gasteiger partial charge in [-0.25, -0.2) is 0 Å². The van der Waals surface area contributed by atoms with Gasteiger partial charge in [-0.2, -0.15) is 0 Å². The number of aliphatic hydroxyl groups excluding tert-OH is 1. The van der Waals surface area contributed by atoms with Gasteiger partial charge in [-0.3, -0.25) is 9.69 Å². The molecule has 51 heavy (non-hydrogen) atoms. The van der Waals surface area contributed by atoms with Gasteiger partial charge in [0.05, 0.1) is 33.0 Å². The predicted molar refractivity (Wildman–Crippen MR) is 196 cm³/mol. The molecule has 3 atom stereocenters. The zero-order valence-corrected chi connectivity index (χ0v) is 29.1. The number of aliphatic hydroxyl groups is 1. The fourth-order valence-electron chi connectivity index (χ4n) is 7.02. The maximum absolute atomic E-state index is 12.6. The van der Waals surface area contributed by atoms with Crippen molar-refractivity contribution in [2.75, 3.05) is 27.3 Å². The van der Waals surface area contributed by atoms with Crippen molar-refractivity contribution >= 4 is 5.91 Å². The van der Waals surface area contributed by atoms with E-state index in [-0.39, 0.29) is 24.7 Å². The number of rotatable bonds is 11. The molecule has 0 radical (unpaired) electrons. The molecule has 0 aromatic heterocycles. The lowest BCUT2D eigenvalue weighted by molar-refractivity contribution is -0.253. The summed E-state index contributed by atoms with van der Waals surface area (Å²) in [5.74, 6) is 1.41. The van der Waals surface area contributed by atoms with E-state index in [1.165, 1.54) is 11.1 Å². The van der Waals surface area contributed by atoms with Crippen LogP contribution in [0.4, 0.5) is 0 Å². The average Bonchev–Trinajstić information content (AvgIpc) is 3.19. The number of methoxy groups -OCH3 is 2. The van der Waals surface area contributed by atoms with Crippen LogP contribution < -0.4 is 14.8 Å². The van der Waals surface area contributed by atoms with E-state index < -0.39 is 6.29 Å². The van der Waals surface area contributed by atoms with Gasteiger partial charge in [-0.05, 0) is 81.8 Å². The van der Waals surface area contributed by atoms with Crippen molar-refractivity contribution in [1.82, 2.24) is 10.2 Å². The molecule has 0 unspecified atom stereocenters. The molecule has 2 aliphatic heterocycles. The van der Waals surface area contributed by atoms with E-state index in [9.17, 15) is 9.90 Å². The van der Waals surface area contributed by atoms with E-state index >= 15 is 0 Å². The van der Waals surface area contributed by atoms with E-state index in [4.69, 9.17) is 18.9 Å². The van der Waals surface area contributed by atoms with Gasteiger partial charge < -0.3 is 29.4 Å². The first-order valence-electron chi connectivity index (χ1n) is 17.5. The Kier molecular flexibility index (Phi) is 10.8. The SMILES string of the molecule is COc1cc2c(cc1OC)CN(C[C@@H]1C[C@H](c3ccc(CO)cc3)O[C@H](c3cccc(-c4cccc(CNC(=O)c5ccccc5)c4)c3)O1)CC2. The summed E-state index contributed by atoms with van der Waals surface area (Å²) in [6, 6.07) is 38.0. The van der Waals surface area contributed by atoms with E-state index in [0.717, 1.165) is 70.9 Å². The lowest BCUT2D eigenvalue weighted by Crippen LogP contribution is -2.41. The number of nitrogens with zero attached hydrogens (tertiary/aromatic N) is 1. The molecule has 0 aliphatic carbocycles. The highest BCUT2D eigenvalue weighted by Crippen LogP contribution is 2.40. The number of fused-ring (bicyclic) bond motifs is 1. The van der Waals surface area contributed by atoms with Gasteiger partial charge in [-0.15, -0.1) is 0 Å². The Morgan fingerprint density at radius 2 is 1.51 bits per heavy atom. The number of carbonyl (C=O) groups excluding carboxylic acids is 1. The number of ether oxygens (including phenoxy) is 4. The summed E-state index contributed by atoms with van der Waals surface area (Å²) in [5.41, 5.74) is 9.14. The fourth-order valence-corrected chi connectivity index (χ4v) is 7.02. The van der Waals surface area contributed by atoms with Crippen molar-refractivity contribution in [2.24, 2.45) is 0 Å². The smallest absolute Gasteiger partial charge is 0.251 e. The fraction of sp³-hybridized carbons (Fsp3) is 0.279. The van der Waals surface area contributed by atoms with Crippen LogP contribution in [0.5, 0.6) is 11.5 Å². The lowest BCUT2D eigenvalue weighted by atomic mass is 9.96. The Balaban J connectivity index is 1.10. The lowest BCUT2D eigenvalue weighted by Gasteiger charge is -2.39. The minimum atomic E-state index is -0.569. The maximum atomic E-state index is 12.6. The zero-order valence-electron chi connectivity index (χ0n) is 29.1. The summed E-state index contributed by atoms with van der Waals surface area (Å²) in [4.78, 5) is 15.1. The zero-order chi connectivity index (χ0) is 35.2. The molecule has 2 aliphatic rings. The maximum Gasteiger partial charge on any atom is 0.251 e. The number of amides is 1. The molecular formula is C43H44N2O6. The minimum absolute atomic E-state index is 0.000643. The van der Waals surface area contributed by atoms with Crippen LogP contribution in [0.3, 0.4) is 0 Å². The Morgan fingerprint density at radius 1 is 0.784 bits per heavy atom. The second kappa shape index (κ2) is 15.9. The third-order valence-electron chi connectivity index (χ3n) is 9.78. The molecule has 5 aromatic carbocycles. The van der Waals surface area contributed by atoms with E-state index in [1.807, 2.05) is 72.8 Å². The molecule has 2 heterocycles. The molecule has 5 aromatic rings. The molecular weight excluding hydrogens is 640 g/mol. The van der Waals surface area contributed by atoms with Crippen LogP contribution in [-0.4, -0.2) is 49.3 Å². The minimum Gasteiger partial charge on any atom is -0.493 e. The van der Waals surface area contributed by atoms with Crippen LogP contribution in [-0.2, 0) is 35.6 Å². The average molecular weight is 685 g/mol. The molecule has 1 amide bonds. The van der Waals surface area contributed by atoms with Gasteiger partial charge in [0.1, 0.15) is 0 Å². The summed E-state index contributed by atoms with van der Waals surface area (Å²) in [5, 5.41) is 12.7. The summed E-state index contributed by atoms with van der Waals surface area (Å²) in [6.07, 6.45) is 0.809. The standard InChI is InChI=1S/C43H44N2O6/c1-48-40-22-35-18-19-45(26-37(35)23-41(40)49-2)27-38-24-39(31-16-14-29(28-46)15-17-31)51-43(50-38)36-13-7-12-34(21-36)33-11-6-8-30(20-33)25-44-42(47)32-9-4-3-5-10-32/h3-17,20-23,38-39,43,46H,18-19,24-28H2,1-2H3,(H,44,47)/t38-,39+,43+/m0/s1. The molecule has 262 valence electrons. The molecule has 2 N–H and O–H groups in total. The van der Waals surface area contributed by atoms with Crippen molar-refractivity contribution < 1.29 is 28.8 Å². The molecule has 1 fully saturated rings. The Hall–Kier alpha value is -4.99. The van der Waals surface area contributed by atoms with Crippen LogP contribution in [0.25, 0.3) is 11.1 Å². The first kappa shape index (κ1) is 34.5. The van der Waals surface area contributed by atoms with Gasteiger partial charge >= 0.3 is 0 Å². The number of nitrogens with one attached hydrogen (secondary N) is 1. The summed E-state index contributed by atoms with van der Waals surface area (Å²) in [7, 11) is 3.35. The Bertz CT molecular complexity index is 1950. The van der Waals surface area contributed by atoms with Gasteiger partial charge in [0.25, 0.3) is 5.91 Å². The third kappa shape index (κ3) is 8.16. The second-order valence-corrected chi connectivity index (χ2v) is 13.2. The van der Waals surface area contributed by atoms with Gasteiger partial charge in [0.15, 0.2) is 17.8 Å². The highest BCUT2D eigenvalue weighted by atomic mass is 16.7. The number of hydrogen-bond donors (Lipinski definition) is 2. The normalized spacial score (nSPS) is 18.8. The van der Waals surface area contributed by atoms with Crippen molar-refractivity contribution in [3.05, 3.63) is 154 Å². The molecule has 0 bridgehead atoms. The topological polar surface area (TPSA) is 89.5 Å². The molecule has 1 saturated heterocycles. The quantitative estimate of drug-likeness (QED) is 0.150. The Morgan fingerprint density at radius 3 is 2.25 bits per heavy atom. The molecule has 8 nitrogen and oxygen atoms in total. The first-order valence-corrected chi connectivity index (χ1v) is 17.5. The van der Waals surface area contributed by atoms with Gasteiger partial charge in [0.2, 0.25) is 0 Å². The van der Waals surface area contributed by atoms with E-state index in [1.54, 1.807) is 14.2 Å². The number of hydrogen-bond acceptors (Lipinski definition) is 7. The van der Waals surface area contributed by atoms with Crippen LogP contribution in [0, 0.1) is 0 Å². The highest BCUT2D eigenvalue weighted by molar-refractivity contribution is 5.94. The Labute approximate surface area is 299 Å². The molecule has 0 spiro atoms. The summed E-state index contributed by atoms with van der Waals surface area (Å²) >= 11 is 0. The van der Waals surface area contributed by atoms with E-state index in [2.05, 4.69) is 52.7 Å². The molecule has 8 heteroatoms. The third-order valence-corrected chi connectivity index (χ3v) is 9.78. The number of carbonyl (C=O) groups is 1. The van der Waals surface area contributed by atoms with Crippen LogP contribution in [0.15, 0.2) is 115 Å². The second-order valence-electron chi connectivity index (χ2n) is 13.2. The summed E-state index contributed by atoms with van der Waals surface area (Å²) in [6.45, 7) is 2.90.